The molecule has 1 amide bonds. The van der Waals surface area contributed by atoms with Crippen LogP contribution in [0.2, 0.25) is 0 Å². The number of hydrogen-bond donors (Lipinski definition) is 1. The van der Waals surface area contributed by atoms with Crippen molar-refractivity contribution in [3.63, 3.8) is 0 Å². The van der Waals surface area contributed by atoms with Crippen LogP contribution in [0, 0.1) is 0 Å². The summed E-state index contributed by atoms with van der Waals surface area (Å²) in [5.41, 5.74) is 1.08. The first-order chi connectivity index (χ1) is 10.1. The van der Waals surface area contributed by atoms with Crippen molar-refractivity contribution < 1.29 is 19.4 Å². The van der Waals surface area contributed by atoms with Gasteiger partial charge in [-0.3, -0.25) is 14.5 Å². The van der Waals surface area contributed by atoms with Crippen LogP contribution in [-0.2, 0) is 14.3 Å². The Morgan fingerprint density at radius 3 is 2.62 bits per heavy atom. The lowest BCUT2D eigenvalue weighted by molar-refractivity contribution is -0.139. The van der Waals surface area contributed by atoms with Gasteiger partial charge in [-0.25, -0.2) is 0 Å². The second-order valence-corrected chi connectivity index (χ2v) is 5.18. The predicted octanol–water partition coefficient (Wildman–Crippen LogP) is 1.33. The monoisotopic (exact) mass is 298 g/mol. The van der Waals surface area contributed by atoms with E-state index in [9.17, 15) is 9.59 Å². The van der Waals surface area contributed by atoms with Gasteiger partial charge in [0.2, 0.25) is 5.91 Å². The minimum Gasteiger partial charge on any atom is -0.480 e. The summed E-state index contributed by atoms with van der Waals surface area (Å²) in [7, 11) is 1.56. The van der Waals surface area contributed by atoms with Crippen LogP contribution in [0.5, 0.6) is 0 Å². The minimum absolute atomic E-state index is 0.0389. The number of carbonyl (C=O) groups is 2. The van der Waals surface area contributed by atoms with Crippen LogP contribution in [0.25, 0.3) is 0 Å². The molecule has 0 unspecified atom stereocenters. The number of ether oxygens (including phenoxy) is 1. The maximum absolute atomic E-state index is 12.4. The van der Waals surface area contributed by atoms with E-state index in [-0.39, 0.29) is 19.0 Å². The number of carboxylic acid groups (broad SMARTS) is 1. The molecule has 0 aromatic heterocycles. The van der Waals surface area contributed by atoms with Gasteiger partial charge in [-0.15, -0.1) is 0 Å². The van der Waals surface area contributed by atoms with Gasteiger partial charge in [0, 0.05) is 25.9 Å². The maximum atomic E-state index is 12.4. The summed E-state index contributed by atoms with van der Waals surface area (Å²) in [5.74, 6) is -0.971. The number of nitrogens with zero attached hydrogens (tertiary/aromatic N) is 2. The van der Waals surface area contributed by atoms with Crippen molar-refractivity contribution in [1.82, 2.24) is 9.80 Å². The Balaban J connectivity index is 2.64. The zero-order chi connectivity index (χ0) is 15.7. The topological polar surface area (TPSA) is 70.1 Å². The second-order valence-electron chi connectivity index (χ2n) is 5.18. The van der Waals surface area contributed by atoms with Gasteiger partial charge < -0.3 is 14.7 Å². The maximum Gasteiger partial charge on any atom is 0.317 e. The fourth-order valence-corrected chi connectivity index (χ4v) is 2.51. The summed E-state index contributed by atoms with van der Waals surface area (Å²) < 4.78 is 4.97. The van der Waals surface area contributed by atoms with Crippen LogP contribution >= 0.6 is 0 Å². The summed E-state index contributed by atoms with van der Waals surface area (Å²) in [6.07, 6.45) is 6.35. The van der Waals surface area contributed by atoms with E-state index in [4.69, 9.17) is 9.84 Å². The van der Waals surface area contributed by atoms with Gasteiger partial charge in [0.15, 0.2) is 0 Å². The largest absolute Gasteiger partial charge is 0.480 e. The number of methoxy groups -OCH3 is 1. The van der Waals surface area contributed by atoms with E-state index in [1.54, 1.807) is 16.9 Å². The third kappa shape index (κ3) is 6.27. The molecule has 6 nitrogen and oxygen atoms in total. The lowest BCUT2D eigenvalue weighted by Crippen LogP contribution is -2.43. The molecule has 0 atom stereocenters. The Morgan fingerprint density at radius 2 is 2.10 bits per heavy atom. The molecule has 0 aromatic rings. The average Bonchev–Trinajstić information content (AvgIpc) is 2.46. The number of carbonyl (C=O) groups excluding carboxylic acids is 1. The molecule has 1 aliphatic carbocycles. The van der Waals surface area contributed by atoms with E-state index in [2.05, 4.69) is 6.08 Å². The molecule has 0 radical (unpaired) electrons. The molecule has 0 saturated carbocycles. The second kappa shape index (κ2) is 9.52. The SMILES string of the molecule is CCN(C(=O)CN(CCOC)CC(=O)O)C1=CCCCC1. The highest BCUT2D eigenvalue weighted by atomic mass is 16.5. The molecule has 120 valence electrons. The molecule has 0 fully saturated rings. The fraction of sp³-hybridized carbons (Fsp3) is 0.733. The number of amides is 1. The van der Waals surface area contributed by atoms with Crippen LogP contribution < -0.4 is 0 Å². The Morgan fingerprint density at radius 1 is 1.33 bits per heavy atom. The van der Waals surface area contributed by atoms with Gasteiger partial charge in [-0.05, 0) is 32.6 Å². The molecule has 6 heteroatoms. The van der Waals surface area contributed by atoms with Crippen LogP contribution in [0.4, 0.5) is 0 Å². The molecular formula is C15H26N2O4. The lowest BCUT2D eigenvalue weighted by Gasteiger charge is -2.29. The van der Waals surface area contributed by atoms with Crippen LogP contribution in [0.3, 0.4) is 0 Å². The first-order valence-corrected chi connectivity index (χ1v) is 7.51. The van der Waals surface area contributed by atoms with E-state index in [1.165, 1.54) is 6.42 Å². The number of rotatable bonds is 9. The molecule has 0 spiro atoms. The van der Waals surface area contributed by atoms with Crippen LogP contribution in [0.1, 0.15) is 32.6 Å². The van der Waals surface area contributed by atoms with Crippen molar-refractivity contribution in [2.24, 2.45) is 0 Å². The van der Waals surface area contributed by atoms with Gasteiger partial charge >= 0.3 is 5.97 Å². The first-order valence-electron chi connectivity index (χ1n) is 7.51. The highest BCUT2D eigenvalue weighted by molar-refractivity contribution is 5.80. The summed E-state index contributed by atoms with van der Waals surface area (Å²) in [6, 6.07) is 0. The van der Waals surface area contributed by atoms with Crippen LogP contribution in [0.15, 0.2) is 11.8 Å². The number of hydrogen-bond acceptors (Lipinski definition) is 4. The highest BCUT2D eigenvalue weighted by Gasteiger charge is 2.21. The van der Waals surface area contributed by atoms with Crippen molar-refractivity contribution in [3.05, 3.63) is 11.8 Å². The summed E-state index contributed by atoms with van der Waals surface area (Å²) >= 11 is 0. The van der Waals surface area contributed by atoms with E-state index in [0.717, 1.165) is 25.0 Å². The normalized spacial score (nSPS) is 14.9. The van der Waals surface area contributed by atoms with Gasteiger partial charge in [0.25, 0.3) is 0 Å². The Kier molecular flexibility index (Phi) is 8.00. The first kappa shape index (κ1) is 17.7. The molecule has 21 heavy (non-hydrogen) atoms. The van der Waals surface area contributed by atoms with Gasteiger partial charge in [-0.2, -0.15) is 0 Å². The van der Waals surface area contributed by atoms with E-state index in [0.29, 0.717) is 19.7 Å². The molecule has 0 bridgehead atoms. The predicted molar refractivity (Wildman–Crippen MR) is 79.9 cm³/mol. The van der Waals surface area contributed by atoms with Crippen molar-refractivity contribution in [2.75, 3.05) is 39.9 Å². The highest BCUT2D eigenvalue weighted by Crippen LogP contribution is 2.21. The van der Waals surface area contributed by atoms with Gasteiger partial charge in [-0.1, -0.05) is 6.08 Å². The van der Waals surface area contributed by atoms with Gasteiger partial charge in [0.05, 0.1) is 19.7 Å². The number of carboxylic acids is 1. The van der Waals surface area contributed by atoms with E-state index in [1.807, 2.05) is 6.92 Å². The van der Waals surface area contributed by atoms with E-state index < -0.39 is 5.97 Å². The summed E-state index contributed by atoms with van der Waals surface area (Å²) in [6.45, 7) is 3.38. The molecule has 1 N–H and O–H groups in total. The van der Waals surface area contributed by atoms with Crippen molar-refractivity contribution in [2.45, 2.75) is 32.6 Å². The number of allylic oxidation sites excluding steroid dienone is 2. The van der Waals surface area contributed by atoms with Gasteiger partial charge in [0.1, 0.15) is 0 Å². The lowest BCUT2D eigenvalue weighted by atomic mass is 10.0. The minimum atomic E-state index is -0.932. The molecular weight excluding hydrogens is 272 g/mol. The molecule has 0 saturated heterocycles. The van der Waals surface area contributed by atoms with Crippen molar-refractivity contribution >= 4 is 11.9 Å². The number of likely N-dealkylation sites (N-methyl/N-ethyl adjacent to an activating group) is 1. The quantitative estimate of drug-likeness (QED) is 0.695. The molecule has 0 aliphatic heterocycles. The molecule has 0 aromatic carbocycles. The number of aliphatic carboxylic acids is 1. The molecule has 1 rings (SSSR count). The summed E-state index contributed by atoms with van der Waals surface area (Å²) in [4.78, 5) is 26.7. The zero-order valence-electron chi connectivity index (χ0n) is 13.0. The Bertz CT molecular complexity index is 382. The van der Waals surface area contributed by atoms with Crippen molar-refractivity contribution in [3.8, 4) is 0 Å². The third-order valence-corrected chi connectivity index (χ3v) is 3.56. The Hall–Kier alpha value is -1.40. The molecule has 0 heterocycles. The molecule has 1 aliphatic rings. The van der Waals surface area contributed by atoms with Crippen molar-refractivity contribution in [1.29, 1.82) is 0 Å². The summed E-state index contributed by atoms with van der Waals surface area (Å²) in [5, 5.41) is 8.92. The third-order valence-electron chi connectivity index (χ3n) is 3.56. The fourth-order valence-electron chi connectivity index (χ4n) is 2.51. The standard InChI is InChI=1S/C15H26N2O4/c1-3-17(13-7-5-4-6-8-13)14(18)11-16(9-10-21-2)12-15(19)20/h7H,3-6,8-12H2,1-2H3,(H,19,20). The van der Waals surface area contributed by atoms with Crippen LogP contribution in [-0.4, -0.2) is 66.7 Å². The smallest absolute Gasteiger partial charge is 0.317 e. The zero-order valence-corrected chi connectivity index (χ0v) is 13.0. The Labute approximate surface area is 126 Å². The average molecular weight is 298 g/mol. The van der Waals surface area contributed by atoms with E-state index >= 15 is 0 Å².